The number of hydrogen-bond donors (Lipinski definition) is 0. The molecule has 1 aromatic carbocycles. The van der Waals surface area contributed by atoms with Crippen molar-refractivity contribution < 1.29 is 27.4 Å². The first kappa shape index (κ1) is 16.2. The van der Waals surface area contributed by atoms with Crippen molar-refractivity contribution in [3.05, 3.63) is 33.3 Å². The highest BCUT2D eigenvalue weighted by molar-refractivity contribution is 9.10. The second-order valence-electron chi connectivity index (χ2n) is 4.32. The summed E-state index contributed by atoms with van der Waals surface area (Å²) in [5.74, 6) is -1.07. The first-order valence-corrected chi connectivity index (χ1v) is 7.05. The lowest BCUT2D eigenvalue weighted by Crippen LogP contribution is -2.41. The van der Waals surface area contributed by atoms with Gasteiger partial charge in [0.1, 0.15) is 5.75 Å². The SMILES string of the molecule is Cc1cc(Br)cc2c1OC(C(F)(F)F)C(C(=O)OCCl)=C2. The van der Waals surface area contributed by atoms with E-state index in [2.05, 4.69) is 20.7 Å². The second kappa shape index (κ2) is 5.88. The molecule has 0 fully saturated rings. The van der Waals surface area contributed by atoms with Crippen LogP contribution in [0.15, 0.2) is 22.2 Å². The molecule has 1 heterocycles. The maximum absolute atomic E-state index is 13.1. The van der Waals surface area contributed by atoms with Crippen LogP contribution in [0.25, 0.3) is 6.08 Å². The highest BCUT2D eigenvalue weighted by Gasteiger charge is 2.49. The summed E-state index contributed by atoms with van der Waals surface area (Å²) in [5.41, 5.74) is 0.256. The lowest BCUT2D eigenvalue weighted by atomic mass is 9.99. The van der Waals surface area contributed by atoms with Gasteiger partial charge in [0.25, 0.3) is 0 Å². The predicted octanol–water partition coefficient (Wildman–Crippen LogP) is 4.20. The Bertz CT molecular complexity index is 613. The summed E-state index contributed by atoms with van der Waals surface area (Å²) in [4.78, 5) is 11.7. The molecule has 0 saturated carbocycles. The van der Waals surface area contributed by atoms with Crippen molar-refractivity contribution in [2.75, 3.05) is 6.07 Å². The molecular weight excluding hydrogens is 376 g/mol. The normalized spacial score (nSPS) is 17.6. The Morgan fingerprint density at radius 2 is 2.14 bits per heavy atom. The van der Waals surface area contributed by atoms with Gasteiger partial charge in [-0.3, -0.25) is 0 Å². The third kappa shape index (κ3) is 3.35. The lowest BCUT2D eigenvalue weighted by molar-refractivity contribution is -0.187. The van der Waals surface area contributed by atoms with E-state index >= 15 is 0 Å². The Kier molecular flexibility index (Phi) is 4.53. The number of esters is 1. The third-order valence-corrected chi connectivity index (χ3v) is 3.38. The van der Waals surface area contributed by atoms with Crippen molar-refractivity contribution in [1.29, 1.82) is 0 Å². The first-order chi connectivity index (χ1) is 9.74. The minimum absolute atomic E-state index is 0.0861. The molecule has 1 unspecified atom stereocenters. The Balaban J connectivity index is 2.55. The van der Waals surface area contributed by atoms with E-state index in [9.17, 15) is 18.0 Å². The summed E-state index contributed by atoms with van der Waals surface area (Å²) < 4.78 is 49.4. The fraction of sp³-hybridized carbons (Fsp3) is 0.308. The Morgan fingerprint density at radius 3 is 2.71 bits per heavy atom. The molecule has 8 heteroatoms. The van der Waals surface area contributed by atoms with Crippen LogP contribution in [0.2, 0.25) is 0 Å². The lowest BCUT2D eigenvalue weighted by Gasteiger charge is -2.28. The Labute approximate surface area is 131 Å². The number of benzene rings is 1. The fourth-order valence-corrected chi connectivity index (χ4v) is 2.68. The number of carbonyl (C=O) groups excluding carboxylic acids is 1. The number of ether oxygens (including phenoxy) is 2. The molecule has 21 heavy (non-hydrogen) atoms. The minimum atomic E-state index is -4.74. The van der Waals surface area contributed by atoms with E-state index in [1.165, 1.54) is 0 Å². The zero-order chi connectivity index (χ0) is 15.8. The van der Waals surface area contributed by atoms with E-state index in [-0.39, 0.29) is 5.75 Å². The van der Waals surface area contributed by atoms with Gasteiger partial charge in [-0.1, -0.05) is 27.5 Å². The number of fused-ring (bicyclic) bond motifs is 1. The van der Waals surface area contributed by atoms with Gasteiger partial charge in [0, 0.05) is 10.0 Å². The number of rotatable bonds is 2. The summed E-state index contributed by atoms with van der Waals surface area (Å²) >= 11 is 8.47. The van der Waals surface area contributed by atoms with Gasteiger partial charge in [0.15, 0.2) is 6.07 Å². The predicted molar refractivity (Wildman–Crippen MR) is 74.1 cm³/mol. The van der Waals surface area contributed by atoms with Gasteiger partial charge in [-0.25, -0.2) is 4.79 Å². The van der Waals surface area contributed by atoms with Crippen LogP contribution in [0.1, 0.15) is 11.1 Å². The average Bonchev–Trinajstić information content (AvgIpc) is 2.36. The molecule has 0 spiro atoms. The van der Waals surface area contributed by atoms with Gasteiger partial charge < -0.3 is 9.47 Å². The van der Waals surface area contributed by atoms with Crippen molar-refractivity contribution in [3.8, 4) is 5.75 Å². The first-order valence-electron chi connectivity index (χ1n) is 5.72. The van der Waals surface area contributed by atoms with Gasteiger partial charge in [-0.15, -0.1) is 0 Å². The number of carbonyl (C=O) groups is 1. The maximum Gasteiger partial charge on any atom is 0.430 e. The van der Waals surface area contributed by atoms with Crippen molar-refractivity contribution in [2.45, 2.75) is 19.2 Å². The topological polar surface area (TPSA) is 35.5 Å². The molecule has 1 aliphatic heterocycles. The second-order valence-corrected chi connectivity index (χ2v) is 5.46. The van der Waals surface area contributed by atoms with Crippen LogP contribution < -0.4 is 4.74 Å². The van der Waals surface area contributed by atoms with Crippen LogP contribution in [-0.4, -0.2) is 24.3 Å². The van der Waals surface area contributed by atoms with E-state index in [4.69, 9.17) is 16.3 Å². The molecular formula is C13H9BrClF3O3. The molecule has 0 saturated heterocycles. The molecule has 0 radical (unpaired) electrons. The van der Waals surface area contributed by atoms with Crippen molar-refractivity contribution in [3.63, 3.8) is 0 Å². The Hall–Kier alpha value is -1.21. The van der Waals surface area contributed by atoms with Gasteiger partial charge in [0.05, 0.1) is 5.57 Å². The molecule has 0 aromatic heterocycles. The molecule has 2 rings (SSSR count). The van der Waals surface area contributed by atoms with E-state index in [1.807, 2.05) is 0 Å². The van der Waals surface area contributed by atoms with E-state index in [0.717, 1.165) is 6.08 Å². The van der Waals surface area contributed by atoms with Gasteiger partial charge >= 0.3 is 12.1 Å². The molecule has 1 aromatic rings. The minimum Gasteiger partial charge on any atom is -0.475 e. The monoisotopic (exact) mass is 384 g/mol. The molecule has 1 aliphatic rings. The van der Waals surface area contributed by atoms with Crippen molar-refractivity contribution in [1.82, 2.24) is 0 Å². The molecule has 0 N–H and O–H groups in total. The fourth-order valence-electron chi connectivity index (χ4n) is 1.99. The van der Waals surface area contributed by atoms with Gasteiger partial charge in [-0.05, 0) is 30.7 Å². The number of hydrogen-bond acceptors (Lipinski definition) is 3. The smallest absolute Gasteiger partial charge is 0.430 e. The molecule has 1 atom stereocenters. The van der Waals surface area contributed by atoms with Crippen LogP contribution in [0, 0.1) is 6.92 Å². The van der Waals surface area contributed by atoms with Crippen molar-refractivity contribution in [2.24, 2.45) is 0 Å². The van der Waals surface area contributed by atoms with Gasteiger partial charge in [0.2, 0.25) is 6.10 Å². The summed E-state index contributed by atoms with van der Waals surface area (Å²) in [6.45, 7) is 1.62. The van der Waals surface area contributed by atoms with E-state index < -0.39 is 29.9 Å². The highest BCUT2D eigenvalue weighted by atomic mass is 79.9. The van der Waals surface area contributed by atoms with Crippen LogP contribution in [0.3, 0.4) is 0 Å². The largest absolute Gasteiger partial charge is 0.475 e. The van der Waals surface area contributed by atoms with Crippen LogP contribution >= 0.6 is 27.5 Å². The Morgan fingerprint density at radius 1 is 1.48 bits per heavy atom. The number of alkyl halides is 4. The summed E-state index contributed by atoms with van der Waals surface area (Å²) in [7, 11) is 0. The molecule has 0 amide bonds. The zero-order valence-corrected chi connectivity index (χ0v) is 13.0. The molecule has 0 aliphatic carbocycles. The number of aryl methyl sites for hydroxylation is 1. The quantitative estimate of drug-likeness (QED) is 0.565. The molecule has 3 nitrogen and oxygen atoms in total. The summed E-state index contributed by atoms with van der Waals surface area (Å²) in [6.07, 6.45) is -6.00. The number of halogens is 5. The standard InChI is InChI=1S/C13H9BrClF3O3/c1-6-2-8(14)3-7-4-9(12(19)20-5-15)11(13(16,17)18)21-10(6)7/h2-4,11H,5H2,1H3. The third-order valence-electron chi connectivity index (χ3n) is 2.82. The van der Waals surface area contributed by atoms with Crippen LogP contribution in [0.5, 0.6) is 5.75 Å². The zero-order valence-electron chi connectivity index (χ0n) is 10.6. The van der Waals surface area contributed by atoms with Gasteiger partial charge in [-0.2, -0.15) is 13.2 Å². The van der Waals surface area contributed by atoms with Crippen LogP contribution in [0.4, 0.5) is 13.2 Å². The van der Waals surface area contributed by atoms with Crippen LogP contribution in [-0.2, 0) is 9.53 Å². The van der Waals surface area contributed by atoms with E-state index in [0.29, 0.717) is 15.6 Å². The summed E-state index contributed by atoms with van der Waals surface area (Å²) in [6, 6.07) is 2.65. The summed E-state index contributed by atoms with van der Waals surface area (Å²) in [5, 5.41) is 0. The molecule has 114 valence electrons. The highest BCUT2D eigenvalue weighted by Crippen LogP contribution is 2.40. The molecule has 0 bridgehead atoms. The maximum atomic E-state index is 13.1. The van der Waals surface area contributed by atoms with Crippen molar-refractivity contribution >= 4 is 39.6 Å². The average molecular weight is 386 g/mol. The van der Waals surface area contributed by atoms with E-state index in [1.54, 1.807) is 19.1 Å².